The fourth-order valence-corrected chi connectivity index (χ4v) is 5.45. The zero-order chi connectivity index (χ0) is 24.7. The first-order valence-electron chi connectivity index (χ1n) is 11.5. The molecule has 0 bridgehead atoms. The van der Waals surface area contributed by atoms with Crippen LogP contribution in [0.15, 0.2) is 77.7 Å². The largest absolute Gasteiger partial charge is 0.494 e. The molecule has 1 N–H and O–H groups in total. The van der Waals surface area contributed by atoms with E-state index in [1.54, 1.807) is 24.3 Å². The summed E-state index contributed by atoms with van der Waals surface area (Å²) in [4.78, 5) is 2.24. The number of hydrogen-bond donors (Lipinski definition) is 1. The molecule has 178 valence electrons. The fraction of sp³-hybridized carbons (Fsp3) is 0.259. The Labute approximate surface area is 206 Å². The topological polar surface area (TPSA) is 106 Å². The summed E-state index contributed by atoms with van der Waals surface area (Å²) in [5.41, 5.74) is 3.04. The first-order chi connectivity index (χ1) is 17.0. The summed E-state index contributed by atoms with van der Waals surface area (Å²) in [6, 6.07) is 25.4. The number of ether oxygens (including phenoxy) is 1. The third-order valence-electron chi connectivity index (χ3n) is 5.99. The second-order valence-electron chi connectivity index (χ2n) is 8.37. The van der Waals surface area contributed by atoms with Gasteiger partial charge in [0.25, 0.3) is 0 Å². The van der Waals surface area contributed by atoms with Crippen LogP contribution in [0, 0.1) is 22.7 Å². The maximum atomic E-state index is 12.8. The highest BCUT2D eigenvalue weighted by atomic mass is 32.2. The Kier molecular flexibility index (Phi) is 7.79. The van der Waals surface area contributed by atoms with Crippen molar-refractivity contribution in [3.63, 3.8) is 0 Å². The Morgan fingerprint density at radius 2 is 1.63 bits per heavy atom. The van der Waals surface area contributed by atoms with E-state index < -0.39 is 10.0 Å². The molecule has 0 saturated carbocycles. The second kappa shape index (κ2) is 11.2. The highest BCUT2D eigenvalue weighted by molar-refractivity contribution is 7.89. The van der Waals surface area contributed by atoms with E-state index in [0.717, 1.165) is 49.2 Å². The van der Waals surface area contributed by atoms with Gasteiger partial charge in [0, 0.05) is 6.54 Å². The van der Waals surface area contributed by atoms with Crippen molar-refractivity contribution in [2.24, 2.45) is 0 Å². The Bertz CT molecular complexity index is 1340. The SMILES string of the molecule is N#Cc1ccc(-c2ccc(OCCCN3CCCC3NS(=O)(=O)c3cccc(C#N)c3)cc2)cc1. The van der Waals surface area contributed by atoms with Crippen LogP contribution in [0.4, 0.5) is 0 Å². The molecule has 1 heterocycles. The van der Waals surface area contributed by atoms with Crippen LogP contribution >= 0.6 is 0 Å². The molecule has 0 aromatic heterocycles. The van der Waals surface area contributed by atoms with E-state index in [2.05, 4.69) is 15.7 Å². The van der Waals surface area contributed by atoms with E-state index >= 15 is 0 Å². The number of hydrogen-bond acceptors (Lipinski definition) is 6. The standard InChI is InChI=1S/C27H26N4O3S/c28-19-21-7-9-23(10-8-21)24-11-13-25(14-12-24)34-17-3-16-31-15-2-6-27(31)30-35(32,33)26-5-1-4-22(18-26)20-29/h1,4-5,7-14,18,27,30H,2-3,6,15-17H2. The van der Waals surface area contributed by atoms with E-state index in [-0.39, 0.29) is 11.1 Å². The highest BCUT2D eigenvalue weighted by Gasteiger charge is 2.29. The van der Waals surface area contributed by atoms with Gasteiger partial charge in [-0.05, 0) is 79.4 Å². The van der Waals surface area contributed by atoms with Crippen LogP contribution in [0.3, 0.4) is 0 Å². The summed E-state index contributed by atoms with van der Waals surface area (Å²) in [6.07, 6.45) is 2.16. The van der Waals surface area contributed by atoms with Crippen LogP contribution in [0.2, 0.25) is 0 Å². The number of sulfonamides is 1. The van der Waals surface area contributed by atoms with Gasteiger partial charge in [0.05, 0.1) is 40.9 Å². The lowest BCUT2D eigenvalue weighted by Crippen LogP contribution is -2.44. The maximum absolute atomic E-state index is 12.8. The van der Waals surface area contributed by atoms with Crippen LogP contribution in [-0.2, 0) is 10.0 Å². The number of nitrogens with one attached hydrogen (secondary N) is 1. The van der Waals surface area contributed by atoms with Crippen molar-refractivity contribution in [2.45, 2.75) is 30.3 Å². The normalized spacial score (nSPS) is 15.9. The summed E-state index contributed by atoms with van der Waals surface area (Å²) < 4.78 is 34.3. The van der Waals surface area contributed by atoms with Gasteiger partial charge in [-0.15, -0.1) is 0 Å². The lowest BCUT2D eigenvalue weighted by molar-refractivity contribution is 0.214. The molecule has 4 rings (SSSR count). The van der Waals surface area contributed by atoms with E-state index in [0.29, 0.717) is 17.7 Å². The second-order valence-corrected chi connectivity index (χ2v) is 10.1. The summed E-state index contributed by atoms with van der Waals surface area (Å²) in [5.74, 6) is 0.776. The van der Waals surface area contributed by atoms with E-state index in [9.17, 15) is 8.42 Å². The van der Waals surface area contributed by atoms with Gasteiger partial charge in [0.1, 0.15) is 5.75 Å². The quantitative estimate of drug-likeness (QED) is 0.453. The third-order valence-corrected chi connectivity index (χ3v) is 7.45. The predicted molar refractivity (Wildman–Crippen MR) is 133 cm³/mol. The van der Waals surface area contributed by atoms with E-state index in [4.69, 9.17) is 15.3 Å². The van der Waals surface area contributed by atoms with Crippen molar-refractivity contribution in [3.8, 4) is 29.0 Å². The van der Waals surface area contributed by atoms with Crippen molar-refractivity contribution in [3.05, 3.63) is 83.9 Å². The molecule has 0 aliphatic carbocycles. The molecule has 1 fully saturated rings. The van der Waals surface area contributed by atoms with Crippen LogP contribution in [0.5, 0.6) is 5.75 Å². The first kappa shape index (κ1) is 24.4. The van der Waals surface area contributed by atoms with E-state index in [1.807, 2.05) is 42.5 Å². The van der Waals surface area contributed by atoms with Gasteiger partial charge in [-0.1, -0.05) is 30.3 Å². The van der Waals surface area contributed by atoms with Crippen molar-refractivity contribution in [2.75, 3.05) is 19.7 Å². The zero-order valence-electron chi connectivity index (χ0n) is 19.2. The monoisotopic (exact) mass is 486 g/mol. The molecular weight excluding hydrogens is 460 g/mol. The number of benzene rings is 3. The Hall–Kier alpha value is -3.69. The van der Waals surface area contributed by atoms with Crippen molar-refractivity contribution < 1.29 is 13.2 Å². The molecule has 3 aromatic rings. The van der Waals surface area contributed by atoms with Gasteiger partial charge in [0.15, 0.2) is 0 Å². The Balaban J connectivity index is 1.26. The van der Waals surface area contributed by atoms with Crippen molar-refractivity contribution in [1.82, 2.24) is 9.62 Å². The Morgan fingerprint density at radius 1 is 0.943 bits per heavy atom. The smallest absolute Gasteiger partial charge is 0.241 e. The zero-order valence-corrected chi connectivity index (χ0v) is 20.0. The molecule has 0 radical (unpaired) electrons. The predicted octanol–water partition coefficient (Wildman–Crippen LogP) is 4.27. The van der Waals surface area contributed by atoms with Crippen LogP contribution < -0.4 is 9.46 Å². The minimum atomic E-state index is -3.70. The number of rotatable bonds is 9. The molecule has 7 nitrogen and oxygen atoms in total. The molecule has 0 spiro atoms. The van der Waals surface area contributed by atoms with Crippen LogP contribution in [0.25, 0.3) is 11.1 Å². The number of nitriles is 2. The minimum Gasteiger partial charge on any atom is -0.494 e. The van der Waals surface area contributed by atoms with Crippen LogP contribution in [-0.4, -0.2) is 39.2 Å². The summed E-state index contributed by atoms with van der Waals surface area (Å²) in [7, 11) is -3.70. The molecule has 8 heteroatoms. The van der Waals surface area contributed by atoms with Gasteiger partial charge in [0.2, 0.25) is 10.0 Å². The minimum absolute atomic E-state index is 0.108. The van der Waals surface area contributed by atoms with Crippen LogP contribution in [0.1, 0.15) is 30.4 Å². The summed E-state index contributed by atoms with van der Waals surface area (Å²) in [5, 5.41) is 18.0. The number of likely N-dealkylation sites (tertiary alicyclic amines) is 1. The molecule has 0 amide bonds. The van der Waals surface area contributed by atoms with Gasteiger partial charge in [-0.2, -0.15) is 15.2 Å². The van der Waals surface area contributed by atoms with Gasteiger partial charge >= 0.3 is 0 Å². The van der Waals surface area contributed by atoms with Gasteiger partial charge in [-0.25, -0.2) is 8.42 Å². The lowest BCUT2D eigenvalue weighted by Gasteiger charge is -2.25. The van der Waals surface area contributed by atoms with E-state index in [1.165, 1.54) is 12.1 Å². The Morgan fingerprint density at radius 3 is 2.31 bits per heavy atom. The van der Waals surface area contributed by atoms with Crippen molar-refractivity contribution >= 4 is 10.0 Å². The molecule has 1 atom stereocenters. The molecule has 1 aliphatic rings. The lowest BCUT2D eigenvalue weighted by atomic mass is 10.0. The molecule has 1 unspecified atom stereocenters. The first-order valence-corrected chi connectivity index (χ1v) is 13.0. The van der Waals surface area contributed by atoms with Crippen molar-refractivity contribution in [1.29, 1.82) is 10.5 Å². The average molecular weight is 487 g/mol. The third kappa shape index (κ3) is 6.26. The summed E-state index contributed by atoms with van der Waals surface area (Å²) >= 11 is 0. The average Bonchev–Trinajstić information content (AvgIpc) is 3.33. The summed E-state index contributed by atoms with van der Waals surface area (Å²) in [6.45, 7) is 2.07. The number of nitrogens with zero attached hydrogens (tertiary/aromatic N) is 3. The van der Waals surface area contributed by atoms with Gasteiger partial charge < -0.3 is 4.74 Å². The molecule has 35 heavy (non-hydrogen) atoms. The molecule has 3 aromatic carbocycles. The molecular formula is C27H26N4O3S. The molecule has 1 aliphatic heterocycles. The highest BCUT2D eigenvalue weighted by Crippen LogP contribution is 2.23. The maximum Gasteiger partial charge on any atom is 0.241 e. The fourth-order valence-electron chi connectivity index (χ4n) is 4.15. The molecule has 1 saturated heterocycles. The van der Waals surface area contributed by atoms with Gasteiger partial charge in [-0.3, -0.25) is 4.90 Å².